The average Bonchev–Trinajstić information content (AvgIpc) is 2.68. The normalized spacial score (nSPS) is 14.4. The minimum absolute atomic E-state index is 0.0209. The Morgan fingerprint density at radius 2 is 1.92 bits per heavy atom. The van der Waals surface area contributed by atoms with E-state index in [1.165, 1.54) is 36.6 Å². The van der Waals surface area contributed by atoms with Crippen LogP contribution in [-0.4, -0.2) is 34.7 Å². The van der Waals surface area contributed by atoms with Crippen molar-refractivity contribution in [2.45, 2.75) is 37.6 Å². The predicted molar refractivity (Wildman–Crippen MR) is 103 cm³/mol. The number of piperidine rings is 1. The van der Waals surface area contributed by atoms with Crippen molar-refractivity contribution >= 4 is 29.2 Å². The highest BCUT2D eigenvalue weighted by Gasteiger charge is 2.13. The van der Waals surface area contributed by atoms with Crippen LogP contribution in [0.4, 0.5) is 11.5 Å². The molecule has 3 rings (SSSR count). The van der Waals surface area contributed by atoms with Crippen molar-refractivity contribution in [3.63, 3.8) is 0 Å². The second kappa shape index (κ2) is 8.85. The predicted octanol–water partition coefficient (Wildman–Crippen LogP) is 3.76. The summed E-state index contributed by atoms with van der Waals surface area (Å²) in [6.07, 6.45) is 6.31. The summed E-state index contributed by atoms with van der Waals surface area (Å²) in [4.78, 5) is 23.1. The van der Waals surface area contributed by atoms with Gasteiger partial charge in [-0.2, -0.15) is 0 Å². The van der Waals surface area contributed by atoms with E-state index >= 15 is 0 Å². The van der Waals surface area contributed by atoms with Crippen molar-refractivity contribution < 1.29 is 4.79 Å². The van der Waals surface area contributed by atoms with Gasteiger partial charge in [-0.3, -0.25) is 4.79 Å². The van der Waals surface area contributed by atoms with Crippen LogP contribution < -0.4 is 10.2 Å². The minimum Gasteiger partial charge on any atom is -0.356 e. The van der Waals surface area contributed by atoms with Crippen molar-refractivity contribution in [2.24, 2.45) is 0 Å². The molecule has 1 aromatic carbocycles. The van der Waals surface area contributed by atoms with E-state index in [2.05, 4.69) is 27.1 Å². The SMILES string of the molecule is CCc1ccc(NC(=O)CSc2cc(N3CCCCC3)ncn2)cc1. The molecular weight excluding hydrogens is 332 g/mol. The van der Waals surface area contributed by atoms with E-state index in [1.54, 1.807) is 6.33 Å². The highest BCUT2D eigenvalue weighted by molar-refractivity contribution is 7.99. The fourth-order valence-electron chi connectivity index (χ4n) is 2.87. The molecule has 0 radical (unpaired) electrons. The maximum Gasteiger partial charge on any atom is 0.234 e. The number of hydrogen-bond donors (Lipinski definition) is 1. The van der Waals surface area contributed by atoms with Crippen molar-refractivity contribution in [2.75, 3.05) is 29.1 Å². The van der Waals surface area contributed by atoms with Crippen molar-refractivity contribution in [1.29, 1.82) is 0 Å². The second-order valence-corrected chi connectivity index (χ2v) is 7.15. The Bertz CT molecular complexity index is 699. The third kappa shape index (κ3) is 5.19. The van der Waals surface area contributed by atoms with Crippen LogP contribution in [0.15, 0.2) is 41.7 Å². The number of rotatable bonds is 6. The van der Waals surface area contributed by atoms with E-state index in [0.717, 1.165) is 36.0 Å². The fourth-order valence-corrected chi connectivity index (χ4v) is 3.53. The Hall–Kier alpha value is -2.08. The molecule has 1 N–H and O–H groups in total. The van der Waals surface area contributed by atoms with E-state index in [4.69, 9.17) is 0 Å². The van der Waals surface area contributed by atoms with Gasteiger partial charge >= 0.3 is 0 Å². The van der Waals surface area contributed by atoms with E-state index < -0.39 is 0 Å². The monoisotopic (exact) mass is 356 g/mol. The number of carbonyl (C=O) groups excluding carboxylic acids is 1. The standard InChI is InChI=1S/C19H24N4OS/c1-2-15-6-8-16(9-7-15)22-18(24)13-25-19-12-17(20-14-21-19)23-10-4-3-5-11-23/h6-9,12,14H,2-5,10-11,13H2,1H3,(H,22,24). The smallest absolute Gasteiger partial charge is 0.234 e. The second-order valence-electron chi connectivity index (χ2n) is 6.15. The van der Waals surface area contributed by atoms with Crippen LogP contribution in [0.5, 0.6) is 0 Å². The van der Waals surface area contributed by atoms with Gasteiger partial charge in [0.05, 0.1) is 5.75 Å². The highest BCUT2D eigenvalue weighted by Crippen LogP contribution is 2.22. The van der Waals surface area contributed by atoms with Gasteiger partial charge in [0, 0.05) is 24.8 Å². The zero-order chi connectivity index (χ0) is 17.5. The van der Waals surface area contributed by atoms with Gasteiger partial charge in [0.25, 0.3) is 0 Å². The Balaban J connectivity index is 1.52. The minimum atomic E-state index is -0.0209. The molecule has 0 aliphatic carbocycles. The maximum atomic E-state index is 12.1. The van der Waals surface area contributed by atoms with Gasteiger partial charge in [-0.15, -0.1) is 0 Å². The first-order valence-electron chi connectivity index (χ1n) is 8.83. The first-order valence-corrected chi connectivity index (χ1v) is 9.82. The first kappa shape index (κ1) is 17.7. The van der Waals surface area contributed by atoms with Gasteiger partial charge in [-0.1, -0.05) is 30.8 Å². The summed E-state index contributed by atoms with van der Waals surface area (Å²) in [5, 5.41) is 3.77. The number of benzene rings is 1. The average molecular weight is 356 g/mol. The molecule has 0 saturated carbocycles. The molecule has 1 aliphatic heterocycles. The molecule has 1 amide bonds. The Morgan fingerprint density at radius 1 is 1.16 bits per heavy atom. The molecule has 1 saturated heterocycles. The largest absolute Gasteiger partial charge is 0.356 e. The summed E-state index contributed by atoms with van der Waals surface area (Å²) in [5.41, 5.74) is 2.10. The summed E-state index contributed by atoms with van der Waals surface area (Å²) in [6, 6.07) is 9.95. The number of nitrogens with zero attached hydrogens (tertiary/aromatic N) is 3. The van der Waals surface area contributed by atoms with Gasteiger partial charge in [0.15, 0.2) is 0 Å². The first-order chi connectivity index (χ1) is 12.2. The molecule has 132 valence electrons. The Morgan fingerprint density at radius 3 is 2.64 bits per heavy atom. The topological polar surface area (TPSA) is 58.1 Å². The van der Waals surface area contributed by atoms with Gasteiger partial charge in [-0.25, -0.2) is 9.97 Å². The number of anilines is 2. The van der Waals surface area contributed by atoms with Crippen LogP contribution in [0, 0.1) is 0 Å². The van der Waals surface area contributed by atoms with Crippen LogP contribution in [-0.2, 0) is 11.2 Å². The molecule has 2 aromatic rings. The van der Waals surface area contributed by atoms with Crippen LogP contribution in [0.2, 0.25) is 0 Å². The van der Waals surface area contributed by atoms with E-state index in [1.807, 2.05) is 30.3 Å². The van der Waals surface area contributed by atoms with Gasteiger partial charge in [0.1, 0.15) is 17.2 Å². The Kier molecular flexibility index (Phi) is 6.28. The van der Waals surface area contributed by atoms with Crippen molar-refractivity contribution in [3.05, 3.63) is 42.2 Å². The molecule has 1 fully saturated rings. The zero-order valence-corrected chi connectivity index (χ0v) is 15.4. The molecule has 2 heterocycles. The quantitative estimate of drug-likeness (QED) is 0.631. The summed E-state index contributed by atoms with van der Waals surface area (Å²) in [5.74, 6) is 1.28. The molecule has 0 unspecified atom stereocenters. The number of carbonyl (C=O) groups is 1. The van der Waals surface area contributed by atoms with E-state index in [9.17, 15) is 4.79 Å². The lowest BCUT2D eigenvalue weighted by molar-refractivity contribution is -0.113. The van der Waals surface area contributed by atoms with Crippen LogP contribution >= 0.6 is 11.8 Å². The van der Waals surface area contributed by atoms with Crippen LogP contribution in [0.1, 0.15) is 31.7 Å². The lowest BCUT2D eigenvalue weighted by atomic mass is 10.1. The van der Waals surface area contributed by atoms with Crippen LogP contribution in [0.25, 0.3) is 0 Å². The number of aromatic nitrogens is 2. The third-order valence-electron chi connectivity index (χ3n) is 4.30. The van der Waals surface area contributed by atoms with E-state index in [0.29, 0.717) is 5.75 Å². The highest BCUT2D eigenvalue weighted by atomic mass is 32.2. The zero-order valence-electron chi connectivity index (χ0n) is 14.6. The molecule has 5 nitrogen and oxygen atoms in total. The lowest BCUT2D eigenvalue weighted by Crippen LogP contribution is -2.30. The summed E-state index contributed by atoms with van der Waals surface area (Å²) < 4.78 is 0. The van der Waals surface area contributed by atoms with Crippen molar-refractivity contribution in [3.8, 4) is 0 Å². The molecular formula is C19H24N4OS. The third-order valence-corrected chi connectivity index (χ3v) is 5.23. The molecule has 1 aromatic heterocycles. The number of thioether (sulfide) groups is 1. The fraction of sp³-hybridized carbons (Fsp3) is 0.421. The van der Waals surface area contributed by atoms with Gasteiger partial charge in [-0.05, 0) is 43.4 Å². The number of nitrogens with one attached hydrogen (secondary N) is 1. The van der Waals surface area contributed by atoms with Crippen molar-refractivity contribution in [1.82, 2.24) is 9.97 Å². The molecule has 6 heteroatoms. The number of hydrogen-bond acceptors (Lipinski definition) is 5. The summed E-state index contributed by atoms with van der Waals surface area (Å²) in [6.45, 7) is 4.22. The molecule has 1 aliphatic rings. The summed E-state index contributed by atoms with van der Waals surface area (Å²) in [7, 11) is 0. The Labute approximate surface area is 153 Å². The lowest BCUT2D eigenvalue weighted by Gasteiger charge is -2.27. The van der Waals surface area contributed by atoms with Gasteiger partial charge < -0.3 is 10.2 Å². The number of amides is 1. The number of aryl methyl sites for hydroxylation is 1. The summed E-state index contributed by atoms with van der Waals surface area (Å²) >= 11 is 1.44. The molecule has 0 bridgehead atoms. The van der Waals surface area contributed by atoms with Crippen LogP contribution in [0.3, 0.4) is 0 Å². The molecule has 0 spiro atoms. The molecule has 0 atom stereocenters. The van der Waals surface area contributed by atoms with E-state index in [-0.39, 0.29) is 5.91 Å². The maximum absolute atomic E-state index is 12.1. The van der Waals surface area contributed by atoms with Gasteiger partial charge in [0.2, 0.25) is 5.91 Å². The molecule has 25 heavy (non-hydrogen) atoms.